The van der Waals surface area contributed by atoms with Gasteiger partial charge in [-0.2, -0.15) is 0 Å². The topological polar surface area (TPSA) is 77.9 Å². The van der Waals surface area contributed by atoms with Crippen LogP contribution in [0.5, 0.6) is 11.5 Å². The number of benzene rings is 5. The minimum Gasteiger partial charge on any atom is -0.395 e. The number of halogens is 1. The molecule has 1 aromatic heterocycles. The number of nitrogens with zero attached hydrogens (tertiary/aromatic N) is 1. The zero-order valence-corrected chi connectivity index (χ0v) is 28.9. The normalized spacial score (nSPS) is 12.7. The molecule has 8 heteroatoms. The third-order valence-corrected chi connectivity index (χ3v) is 9.55. The number of aromatic nitrogens is 1. The Morgan fingerprint density at radius 1 is 0.776 bits per heavy atom. The van der Waals surface area contributed by atoms with Gasteiger partial charge in [0.1, 0.15) is 11.5 Å². The standard InChI is InChI=1S/C41H37ClNO5P/c1-41(2,44)38-19-10-9-13-31(38)23-27-40(48-49(45,46-36-15-5-3-6-16-36)47-37-17-7-4-8-18-37)33-14-11-12-30(28-33)20-25-35-26-22-32-21-24-34(42)29-39(32)43-35/h3-22,24-26,28-29,40,44H,23,27H2,1-2H3/b25-20+/t40-/m1/s1. The van der Waals surface area contributed by atoms with Crippen LogP contribution >= 0.6 is 19.4 Å². The predicted octanol–water partition coefficient (Wildman–Crippen LogP) is 11.2. The molecule has 248 valence electrons. The van der Waals surface area contributed by atoms with Crippen molar-refractivity contribution in [3.05, 3.63) is 172 Å². The van der Waals surface area contributed by atoms with Gasteiger partial charge in [0.2, 0.25) is 0 Å². The van der Waals surface area contributed by atoms with E-state index in [1.807, 2.05) is 103 Å². The van der Waals surface area contributed by atoms with E-state index in [0.29, 0.717) is 29.4 Å². The lowest BCUT2D eigenvalue weighted by Crippen LogP contribution is -2.18. The fraction of sp³-hybridized carbons (Fsp3) is 0.146. The number of hydrogen-bond donors (Lipinski definition) is 1. The summed E-state index contributed by atoms with van der Waals surface area (Å²) in [5, 5.41) is 12.5. The smallest absolute Gasteiger partial charge is 0.395 e. The summed E-state index contributed by atoms with van der Waals surface area (Å²) in [5.41, 5.74) is 4.03. The van der Waals surface area contributed by atoms with Gasteiger partial charge in [0, 0.05) is 10.4 Å². The number of fused-ring (bicyclic) bond motifs is 1. The van der Waals surface area contributed by atoms with Gasteiger partial charge in [0.25, 0.3) is 0 Å². The largest absolute Gasteiger partial charge is 0.588 e. The molecule has 0 aliphatic carbocycles. The van der Waals surface area contributed by atoms with E-state index in [-0.39, 0.29) is 0 Å². The average Bonchev–Trinajstić information content (AvgIpc) is 3.09. The number of phosphoric acid groups is 1. The Balaban J connectivity index is 1.34. The van der Waals surface area contributed by atoms with Gasteiger partial charge in [0.15, 0.2) is 0 Å². The van der Waals surface area contributed by atoms with Crippen LogP contribution in [0.2, 0.25) is 5.02 Å². The van der Waals surface area contributed by atoms with Gasteiger partial charge in [-0.15, -0.1) is 0 Å². The summed E-state index contributed by atoms with van der Waals surface area (Å²) in [6.07, 6.45) is 4.17. The third-order valence-electron chi connectivity index (χ3n) is 7.93. The highest BCUT2D eigenvalue weighted by molar-refractivity contribution is 7.49. The van der Waals surface area contributed by atoms with E-state index in [1.54, 1.807) is 62.4 Å². The molecule has 0 saturated carbocycles. The second-order valence-electron chi connectivity index (χ2n) is 12.2. The first kappa shape index (κ1) is 34.2. The van der Waals surface area contributed by atoms with Crippen LogP contribution in [0.1, 0.15) is 54.3 Å². The van der Waals surface area contributed by atoms with Crippen molar-refractivity contribution in [2.75, 3.05) is 0 Å². The summed E-state index contributed by atoms with van der Waals surface area (Å²) in [6, 6.07) is 43.0. The molecule has 0 fully saturated rings. The van der Waals surface area contributed by atoms with Crippen LogP contribution in [0, 0.1) is 0 Å². The Bertz CT molecular complexity index is 2050. The van der Waals surface area contributed by atoms with Crippen molar-refractivity contribution in [3.8, 4) is 11.5 Å². The van der Waals surface area contributed by atoms with Gasteiger partial charge in [-0.1, -0.05) is 109 Å². The highest BCUT2D eigenvalue weighted by Gasteiger charge is 2.36. The fourth-order valence-corrected chi connectivity index (χ4v) is 7.17. The molecule has 0 spiro atoms. The molecule has 0 aliphatic heterocycles. The van der Waals surface area contributed by atoms with Crippen molar-refractivity contribution in [1.82, 2.24) is 4.98 Å². The van der Waals surface area contributed by atoms with Gasteiger partial charge in [-0.05, 0) is 104 Å². The number of pyridine rings is 1. The SMILES string of the molecule is CC(C)(O)c1ccccc1CC[C@@H](OP(=O)(Oc1ccccc1)Oc1ccccc1)c1cccc(/C=C/c2ccc3ccc(Cl)cc3n2)c1. The fourth-order valence-electron chi connectivity index (χ4n) is 5.58. The lowest BCUT2D eigenvalue weighted by atomic mass is 9.90. The molecule has 0 amide bonds. The number of aryl methyl sites for hydroxylation is 1. The van der Waals surface area contributed by atoms with Crippen LogP contribution in [0.3, 0.4) is 0 Å². The third kappa shape index (κ3) is 9.26. The van der Waals surface area contributed by atoms with Crippen LogP contribution in [0.4, 0.5) is 0 Å². The van der Waals surface area contributed by atoms with Crippen molar-refractivity contribution in [3.63, 3.8) is 0 Å². The zero-order valence-electron chi connectivity index (χ0n) is 27.3. The van der Waals surface area contributed by atoms with Crippen LogP contribution in [0.25, 0.3) is 23.1 Å². The van der Waals surface area contributed by atoms with Gasteiger partial charge < -0.3 is 14.2 Å². The van der Waals surface area contributed by atoms with E-state index >= 15 is 0 Å². The molecule has 1 heterocycles. The maximum Gasteiger partial charge on any atom is 0.588 e. The van der Waals surface area contributed by atoms with E-state index in [9.17, 15) is 9.67 Å². The van der Waals surface area contributed by atoms with E-state index in [2.05, 4.69) is 0 Å². The highest BCUT2D eigenvalue weighted by Crippen LogP contribution is 2.54. The first-order valence-electron chi connectivity index (χ1n) is 16.1. The van der Waals surface area contributed by atoms with Crippen molar-refractivity contribution in [1.29, 1.82) is 0 Å². The lowest BCUT2D eigenvalue weighted by Gasteiger charge is -2.26. The maximum absolute atomic E-state index is 14.6. The number of phosphoric ester groups is 1. The Hall–Kier alpha value is -4.71. The van der Waals surface area contributed by atoms with Gasteiger partial charge in [0.05, 0.1) is 22.9 Å². The molecule has 0 saturated heterocycles. The molecule has 6 rings (SSSR count). The molecular weight excluding hydrogens is 653 g/mol. The summed E-state index contributed by atoms with van der Waals surface area (Å²) in [4.78, 5) is 4.74. The summed E-state index contributed by atoms with van der Waals surface area (Å²) >= 11 is 6.20. The van der Waals surface area contributed by atoms with E-state index in [0.717, 1.165) is 38.9 Å². The Morgan fingerprint density at radius 3 is 2.12 bits per heavy atom. The van der Waals surface area contributed by atoms with E-state index < -0.39 is 19.5 Å². The number of aliphatic hydroxyl groups is 1. The van der Waals surface area contributed by atoms with Crippen LogP contribution < -0.4 is 9.05 Å². The Labute approximate surface area is 292 Å². The molecule has 6 aromatic rings. The van der Waals surface area contributed by atoms with Crippen LogP contribution in [0.15, 0.2) is 140 Å². The van der Waals surface area contributed by atoms with Crippen molar-refractivity contribution in [2.24, 2.45) is 0 Å². The average molecular weight is 690 g/mol. The predicted molar refractivity (Wildman–Crippen MR) is 198 cm³/mol. The van der Waals surface area contributed by atoms with E-state index in [1.165, 1.54) is 0 Å². The van der Waals surface area contributed by atoms with Crippen molar-refractivity contribution >= 4 is 42.5 Å². The quantitative estimate of drug-likeness (QED) is 0.122. The number of para-hydroxylation sites is 2. The monoisotopic (exact) mass is 689 g/mol. The van der Waals surface area contributed by atoms with Gasteiger partial charge in [-0.3, -0.25) is 4.52 Å². The summed E-state index contributed by atoms with van der Waals surface area (Å²) < 4.78 is 33.0. The first-order valence-corrected chi connectivity index (χ1v) is 17.9. The zero-order chi connectivity index (χ0) is 34.3. The minimum absolute atomic E-state index is 0.355. The number of rotatable bonds is 13. The van der Waals surface area contributed by atoms with Crippen molar-refractivity contribution < 1.29 is 23.2 Å². The molecule has 0 unspecified atom stereocenters. The molecule has 0 radical (unpaired) electrons. The summed E-state index contributed by atoms with van der Waals surface area (Å²) in [7, 11) is -4.24. The summed E-state index contributed by atoms with van der Waals surface area (Å²) in [5.74, 6) is 0.711. The molecule has 0 aliphatic rings. The van der Waals surface area contributed by atoms with E-state index in [4.69, 9.17) is 30.2 Å². The highest BCUT2D eigenvalue weighted by atomic mass is 35.5. The van der Waals surface area contributed by atoms with Crippen molar-refractivity contribution in [2.45, 2.75) is 38.4 Å². The maximum atomic E-state index is 14.6. The first-order chi connectivity index (χ1) is 23.6. The molecule has 5 aromatic carbocycles. The number of hydrogen-bond acceptors (Lipinski definition) is 6. The second-order valence-corrected chi connectivity index (χ2v) is 14.1. The Kier molecular flexibility index (Phi) is 10.6. The lowest BCUT2D eigenvalue weighted by molar-refractivity contribution is 0.0771. The molecule has 6 nitrogen and oxygen atoms in total. The molecular formula is C41H37ClNO5P. The second kappa shape index (κ2) is 15.2. The molecule has 49 heavy (non-hydrogen) atoms. The molecule has 1 atom stereocenters. The minimum atomic E-state index is -4.24. The van der Waals surface area contributed by atoms with Gasteiger partial charge in [-0.25, -0.2) is 9.55 Å². The Morgan fingerprint density at radius 2 is 1.43 bits per heavy atom. The van der Waals surface area contributed by atoms with Crippen LogP contribution in [-0.4, -0.2) is 10.1 Å². The molecule has 0 bridgehead atoms. The van der Waals surface area contributed by atoms with Gasteiger partial charge >= 0.3 is 7.82 Å². The summed E-state index contributed by atoms with van der Waals surface area (Å²) in [6.45, 7) is 3.54. The molecule has 1 N–H and O–H groups in total. The van der Waals surface area contributed by atoms with Crippen LogP contribution in [-0.2, 0) is 21.1 Å².